The number of nitrogens with zero attached hydrogens (tertiary/aromatic N) is 3. The van der Waals surface area contributed by atoms with Gasteiger partial charge in [0.25, 0.3) is 0 Å². The monoisotopic (exact) mass is 464 g/mol. The number of carbonyl (C=O) groups is 3. The zero-order valence-electron chi connectivity index (χ0n) is 18.1. The molecule has 4 aliphatic rings. The normalized spacial score (nSPS) is 28.8. The zero-order valence-corrected chi connectivity index (χ0v) is 18.1. The molecule has 1 aliphatic carbocycles. The minimum Gasteiger partial charge on any atom is -0.475 e. The number of amides is 3. The van der Waals surface area contributed by atoms with Crippen LogP contribution in [-0.2, 0) is 14.3 Å². The first kappa shape index (κ1) is 24.6. The van der Waals surface area contributed by atoms with Crippen LogP contribution in [0.5, 0.6) is 0 Å². The summed E-state index contributed by atoms with van der Waals surface area (Å²) in [6.07, 6.45) is 0.140. The van der Waals surface area contributed by atoms with Crippen LogP contribution in [0.3, 0.4) is 0 Å². The summed E-state index contributed by atoms with van der Waals surface area (Å²) in [5.74, 6) is -2.62. The van der Waals surface area contributed by atoms with E-state index >= 15 is 0 Å². The number of carboxylic acid groups (broad SMARTS) is 1. The van der Waals surface area contributed by atoms with E-state index in [0.717, 1.165) is 45.4 Å². The molecule has 0 aromatic rings. The number of ether oxygens (including phenoxy) is 1. The van der Waals surface area contributed by atoms with E-state index in [1.54, 1.807) is 0 Å². The van der Waals surface area contributed by atoms with Gasteiger partial charge in [0, 0.05) is 45.3 Å². The Hall–Kier alpha value is -2.08. The molecule has 12 heteroatoms. The van der Waals surface area contributed by atoms with Gasteiger partial charge < -0.3 is 29.9 Å². The van der Waals surface area contributed by atoms with E-state index in [0.29, 0.717) is 19.1 Å². The lowest BCUT2D eigenvalue weighted by atomic mass is 9.98. The molecule has 0 radical (unpaired) electrons. The Morgan fingerprint density at radius 3 is 2.16 bits per heavy atom. The molecule has 3 heterocycles. The minimum absolute atomic E-state index is 0.00879. The lowest BCUT2D eigenvalue weighted by Gasteiger charge is -2.36. The molecule has 3 saturated heterocycles. The predicted octanol–water partition coefficient (Wildman–Crippen LogP) is 1.14. The maximum atomic E-state index is 12.9. The summed E-state index contributed by atoms with van der Waals surface area (Å²) in [6, 6.07) is 0.355. The standard InChI is InChI=1S/C18H30N4O3.C2HF3O2/c1-20-6-8-21(9-7-20)17(23)15-10-14-11-22(12-16(15)25-14)18(24)19-13-4-2-3-5-13;3-2(4,5)1(6)7/h13-16H,2-12H2,1H3,(H,19,24);(H,6,7)/t14-,15+,16-;/m1./s1. The predicted molar refractivity (Wildman–Crippen MR) is 107 cm³/mol. The number of hydrogen-bond acceptors (Lipinski definition) is 5. The van der Waals surface area contributed by atoms with Crippen molar-refractivity contribution in [2.24, 2.45) is 5.92 Å². The third-order valence-electron chi connectivity index (χ3n) is 6.50. The fourth-order valence-corrected chi connectivity index (χ4v) is 4.68. The molecular formula is C20H31F3N4O5. The van der Waals surface area contributed by atoms with Crippen molar-refractivity contribution in [3.63, 3.8) is 0 Å². The van der Waals surface area contributed by atoms with Crippen LogP contribution in [-0.4, -0.2) is 108 Å². The van der Waals surface area contributed by atoms with Crippen LogP contribution in [0.1, 0.15) is 32.1 Å². The summed E-state index contributed by atoms with van der Waals surface area (Å²) in [5, 5.41) is 10.3. The van der Waals surface area contributed by atoms with E-state index in [2.05, 4.69) is 17.3 Å². The largest absolute Gasteiger partial charge is 0.490 e. The highest BCUT2D eigenvalue weighted by Gasteiger charge is 2.47. The van der Waals surface area contributed by atoms with Crippen LogP contribution in [0, 0.1) is 5.92 Å². The van der Waals surface area contributed by atoms with Crippen LogP contribution in [0.2, 0.25) is 0 Å². The average Bonchev–Trinajstić information content (AvgIpc) is 3.34. The fourth-order valence-electron chi connectivity index (χ4n) is 4.68. The number of rotatable bonds is 2. The molecule has 3 atom stereocenters. The molecule has 1 saturated carbocycles. The van der Waals surface area contributed by atoms with Crippen molar-refractivity contribution < 1.29 is 37.4 Å². The maximum absolute atomic E-state index is 12.9. The van der Waals surface area contributed by atoms with Gasteiger partial charge in [0.2, 0.25) is 5.91 Å². The number of morpholine rings is 1. The molecule has 32 heavy (non-hydrogen) atoms. The third-order valence-corrected chi connectivity index (χ3v) is 6.50. The molecule has 2 bridgehead atoms. The lowest BCUT2D eigenvalue weighted by Crippen LogP contribution is -2.53. The molecule has 4 fully saturated rings. The van der Waals surface area contributed by atoms with Gasteiger partial charge in [-0.25, -0.2) is 9.59 Å². The molecule has 182 valence electrons. The topological polar surface area (TPSA) is 102 Å². The molecule has 0 aromatic heterocycles. The first-order valence-electron chi connectivity index (χ1n) is 11.0. The Labute approximate surface area is 184 Å². The number of halogens is 3. The highest BCUT2D eigenvalue weighted by molar-refractivity contribution is 5.81. The van der Waals surface area contributed by atoms with Crippen molar-refractivity contribution in [1.82, 2.24) is 20.0 Å². The first-order chi connectivity index (χ1) is 15.0. The number of piperazine rings is 1. The molecular weight excluding hydrogens is 433 g/mol. The number of hydrogen-bond donors (Lipinski definition) is 2. The van der Waals surface area contributed by atoms with Gasteiger partial charge in [-0.05, 0) is 26.3 Å². The molecule has 9 nitrogen and oxygen atoms in total. The van der Waals surface area contributed by atoms with Gasteiger partial charge in [-0.3, -0.25) is 4.79 Å². The molecule has 3 amide bonds. The molecule has 2 N–H and O–H groups in total. The molecule has 0 unspecified atom stereocenters. The highest BCUT2D eigenvalue weighted by Crippen LogP contribution is 2.33. The number of fused-ring (bicyclic) bond motifs is 2. The van der Waals surface area contributed by atoms with E-state index in [9.17, 15) is 22.8 Å². The number of carboxylic acids is 1. The summed E-state index contributed by atoms with van der Waals surface area (Å²) in [5.41, 5.74) is 0. The Bertz CT molecular complexity index is 693. The van der Waals surface area contributed by atoms with Gasteiger partial charge in [-0.15, -0.1) is 0 Å². The van der Waals surface area contributed by atoms with Gasteiger partial charge in [0.15, 0.2) is 0 Å². The Morgan fingerprint density at radius 1 is 1.00 bits per heavy atom. The summed E-state index contributed by atoms with van der Waals surface area (Å²) in [7, 11) is 2.09. The van der Waals surface area contributed by atoms with Crippen molar-refractivity contribution in [3.05, 3.63) is 0 Å². The number of likely N-dealkylation sites (N-methyl/N-ethyl adjacent to an activating group) is 1. The van der Waals surface area contributed by atoms with Gasteiger partial charge in [0.1, 0.15) is 0 Å². The van der Waals surface area contributed by atoms with Crippen LogP contribution in [0.15, 0.2) is 0 Å². The SMILES string of the molecule is CN1CCN(C(=O)[C@H]2C[C@@H]3CN(C(=O)NC4CCCC4)C[C@H]2O3)CC1.O=C(O)C(F)(F)F. The fraction of sp³-hybridized carbons (Fsp3) is 0.850. The maximum Gasteiger partial charge on any atom is 0.490 e. The number of likely N-dealkylation sites (tertiary alicyclic amines) is 1. The van der Waals surface area contributed by atoms with Gasteiger partial charge in [-0.1, -0.05) is 12.8 Å². The second kappa shape index (κ2) is 10.2. The number of alkyl halides is 3. The second-order valence-electron chi connectivity index (χ2n) is 8.91. The van der Waals surface area contributed by atoms with E-state index in [1.807, 2.05) is 9.80 Å². The Morgan fingerprint density at radius 2 is 1.59 bits per heavy atom. The number of aliphatic carboxylic acids is 1. The van der Waals surface area contributed by atoms with Crippen LogP contribution < -0.4 is 5.32 Å². The van der Waals surface area contributed by atoms with Crippen molar-refractivity contribution in [1.29, 1.82) is 0 Å². The third kappa shape index (κ3) is 6.25. The van der Waals surface area contributed by atoms with Crippen molar-refractivity contribution in [2.45, 2.75) is 56.5 Å². The average molecular weight is 464 g/mol. The van der Waals surface area contributed by atoms with E-state index < -0.39 is 12.1 Å². The number of carbonyl (C=O) groups excluding carboxylic acids is 2. The number of urea groups is 1. The van der Waals surface area contributed by atoms with Crippen molar-refractivity contribution in [2.75, 3.05) is 46.3 Å². The molecule has 4 rings (SSSR count). The summed E-state index contributed by atoms with van der Waals surface area (Å²) in [4.78, 5) is 40.5. The van der Waals surface area contributed by atoms with Gasteiger partial charge in [-0.2, -0.15) is 13.2 Å². The second-order valence-corrected chi connectivity index (χ2v) is 8.91. The van der Waals surface area contributed by atoms with Crippen LogP contribution >= 0.6 is 0 Å². The quantitative estimate of drug-likeness (QED) is 0.636. The van der Waals surface area contributed by atoms with Crippen LogP contribution in [0.25, 0.3) is 0 Å². The smallest absolute Gasteiger partial charge is 0.475 e. The van der Waals surface area contributed by atoms with Crippen molar-refractivity contribution in [3.8, 4) is 0 Å². The molecule has 0 spiro atoms. The summed E-state index contributed by atoms with van der Waals surface area (Å²) < 4.78 is 37.7. The van der Waals surface area contributed by atoms with Gasteiger partial charge in [0.05, 0.1) is 18.1 Å². The number of nitrogens with one attached hydrogen (secondary N) is 1. The zero-order chi connectivity index (χ0) is 23.5. The van der Waals surface area contributed by atoms with Crippen LogP contribution in [0.4, 0.5) is 18.0 Å². The summed E-state index contributed by atoms with van der Waals surface area (Å²) >= 11 is 0. The van der Waals surface area contributed by atoms with E-state index in [-0.39, 0.29) is 30.1 Å². The van der Waals surface area contributed by atoms with Crippen molar-refractivity contribution >= 4 is 17.9 Å². The highest BCUT2D eigenvalue weighted by atomic mass is 19.4. The Kier molecular flexibility index (Phi) is 7.86. The Balaban J connectivity index is 0.000000360. The lowest BCUT2D eigenvalue weighted by molar-refractivity contribution is -0.192. The minimum atomic E-state index is -5.08. The van der Waals surface area contributed by atoms with Gasteiger partial charge >= 0.3 is 18.2 Å². The summed E-state index contributed by atoms with van der Waals surface area (Å²) in [6.45, 7) is 4.62. The van der Waals surface area contributed by atoms with E-state index in [1.165, 1.54) is 12.8 Å². The first-order valence-corrected chi connectivity index (χ1v) is 11.0. The molecule has 0 aromatic carbocycles. The van der Waals surface area contributed by atoms with E-state index in [4.69, 9.17) is 14.6 Å². The molecule has 3 aliphatic heterocycles.